The van der Waals surface area contributed by atoms with Crippen LogP contribution in [0.25, 0.3) is 0 Å². The third-order valence-electron chi connectivity index (χ3n) is 5.06. The van der Waals surface area contributed by atoms with E-state index >= 15 is 0 Å². The monoisotopic (exact) mass is 348 g/mol. The van der Waals surface area contributed by atoms with Gasteiger partial charge in [0.1, 0.15) is 17.7 Å². The maximum absolute atomic E-state index is 12.4. The van der Waals surface area contributed by atoms with E-state index in [1.807, 2.05) is 18.5 Å². The maximum Gasteiger partial charge on any atom is 0.242 e. The topological polar surface area (TPSA) is 92.2 Å². The van der Waals surface area contributed by atoms with Crippen LogP contribution < -0.4 is 10.6 Å². The summed E-state index contributed by atoms with van der Waals surface area (Å²) < 4.78 is 1.93. The Balaban J connectivity index is 1.54. The van der Waals surface area contributed by atoms with Crippen LogP contribution in [0, 0.1) is 13.8 Å². The molecule has 0 unspecified atom stereocenters. The molecule has 2 aliphatic rings. The molecule has 0 aliphatic carbocycles. The second-order valence-corrected chi connectivity index (χ2v) is 7.06. The van der Waals surface area contributed by atoms with Crippen molar-refractivity contribution in [3.63, 3.8) is 0 Å². The fraction of sp³-hybridized carbons (Fsp3) is 0.765. The normalized spacial score (nSPS) is 24.8. The van der Waals surface area contributed by atoms with E-state index in [2.05, 4.69) is 25.6 Å². The molecular weight excluding hydrogens is 320 g/mol. The maximum atomic E-state index is 12.4. The number of aryl methyl sites for hydroxylation is 2. The Kier molecular flexibility index (Phi) is 5.67. The predicted octanol–water partition coefficient (Wildman–Crippen LogP) is 0.144. The van der Waals surface area contributed by atoms with Crippen LogP contribution in [0.4, 0.5) is 0 Å². The van der Waals surface area contributed by atoms with Crippen molar-refractivity contribution >= 4 is 11.8 Å². The van der Waals surface area contributed by atoms with Crippen molar-refractivity contribution in [2.75, 3.05) is 19.6 Å². The summed E-state index contributed by atoms with van der Waals surface area (Å²) in [5.41, 5.74) is 0. The third-order valence-corrected chi connectivity index (χ3v) is 5.06. The first-order valence-electron chi connectivity index (χ1n) is 9.22. The molecule has 8 heteroatoms. The Labute approximate surface area is 148 Å². The number of likely N-dealkylation sites (tertiary alicyclic amines) is 1. The number of amides is 2. The highest BCUT2D eigenvalue weighted by molar-refractivity contribution is 5.88. The van der Waals surface area contributed by atoms with E-state index in [1.54, 1.807) is 0 Å². The van der Waals surface area contributed by atoms with Crippen molar-refractivity contribution in [1.82, 2.24) is 30.3 Å². The van der Waals surface area contributed by atoms with Gasteiger partial charge in [-0.05, 0) is 52.5 Å². The molecule has 2 N–H and O–H groups in total. The molecule has 2 fully saturated rings. The second-order valence-electron chi connectivity index (χ2n) is 7.06. The molecule has 138 valence electrons. The quantitative estimate of drug-likeness (QED) is 0.790. The summed E-state index contributed by atoms with van der Waals surface area (Å²) in [6, 6.07) is -0.107. The molecule has 2 amide bonds. The van der Waals surface area contributed by atoms with Gasteiger partial charge < -0.3 is 10.6 Å². The van der Waals surface area contributed by atoms with E-state index in [4.69, 9.17) is 0 Å². The van der Waals surface area contributed by atoms with Gasteiger partial charge in [-0.25, -0.2) is 9.67 Å². The molecular formula is C17H28N6O2. The minimum Gasteiger partial charge on any atom is -0.354 e. The smallest absolute Gasteiger partial charge is 0.242 e. The van der Waals surface area contributed by atoms with Gasteiger partial charge in [0, 0.05) is 12.6 Å². The Morgan fingerprint density at radius 1 is 1.28 bits per heavy atom. The van der Waals surface area contributed by atoms with Gasteiger partial charge in [-0.3, -0.25) is 14.5 Å². The number of rotatable bonds is 5. The number of aromatic nitrogens is 3. The van der Waals surface area contributed by atoms with E-state index in [1.165, 1.54) is 0 Å². The zero-order valence-corrected chi connectivity index (χ0v) is 15.1. The minimum absolute atomic E-state index is 0.0578. The highest BCUT2D eigenvalue weighted by Crippen LogP contribution is 2.19. The summed E-state index contributed by atoms with van der Waals surface area (Å²) >= 11 is 0. The van der Waals surface area contributed by atoms with Crippen molar-refractivity contribution in [2.24, 2.45) is 0 Å². The van der Waals surface area contributed by atoms with Gasteiger partial charge in [0.15, 0.2) is 0 Å². The zero-order chi connectivity index (χ0) is 17.8. The van der Waals surface area contributed by atoms with E-state index in [0.717, 1.165) is 56.8 Å². The summed E-state index contributed by atoms with van der Waals surface area (Å²) in [5, 5.41) is 10.2. The van der Waals surface area contributed by atoms with Crippen molar-refractivity contribution in [3.05, 3.63) is 11.6 Å². The van der Waals surface area contributed by atoms with Gasteiger partial charge in [-0.2, -0.15) is 5.10 Å². The summed E-state index contributed by atoms with van der Waals surface area (Å²) in [5.74, 6) is 1.56. The molecule has 0 saturated carbocycles. The molecule has 3 heterocycles. The van der Waals surface area contributed by atoms with Crippen molar-refractivity contribution < 1.29 is 9.59 Å². The average molecular weight is 348 g/mol. The van der Waals surface area contributed by atoms with Crippen LogP contribution >= 0.6 is 0 Å². The molecule has 1 aromatic heterocycles. The van der Waals surface area contributed by atoms with Gasteiger partial charge >= 0.3 is 0 Å². The van der Waals surface area contributed by atoms with Crippen LogP contribution in [0.2, 0.25) is 0 Å². The molecule has 2 atom stereocenters. The molecule has 2 aliphatic heterocycles. The number of carbonyl (C=O) groups excluding carboxylic acids is 2. The first kappa shape index (κ1) is 17.8. The van der Waals surface area contributed by atoms with Crippen LogP contribution in [0.5, 0.6) is 0 Å². The summed E-state index contributed by atoms with van der Waals surface area (Å²) in [4.78, 5) is 30.9. The van der Waals surface area contributed by atoms with Crippen molar-refractivity contribution in [1.29, 1.82) is 0 Å². The molecule has 0 bridgehead atoms. The second kappa shape index (κ2) is 7.95. The fourth-order valence-electron chi connectivity index (χ4n) is 3.75. The predicted molar refractivity (Wildman–Crippen MR) is 92.9 cm³/mol. The lowest BCUT2D eigenvalue weighted by Crippen LogP contribution is -2.49. The summed E-state index contributed by atoms with van der Waals surface area (Å²) in [6.45, 7) is 6.54. The largest absolute Gasteiger partial charge is 0.354 e. The lowest BCUT2D eigenvalue weighted by atomic mass is 10.1. The standard InChI is InChI=1S/C17H28N6O2/c1-12-19-13(2)23(21-12)10-14-6-5-9-22(14)11-16(24)20-15-7-3-4-8-18-17(15)25/h14-15H,3-11H2,1-2H3,(H,18,25)(H,20,24)/t14-,15+/m0/s1. The van der Waals surface area contributed by atoms with Crippen molar-refractivity contribution in [2.45, 2.75) is 64.6 Å². The molecule has 0 radical (unpaired) electrons. The average Bonchev–Trinajstić information content (AvgIpc) is 3.05. The number of carbonyl (C=O) groups is 2. The van der Waals surface area contributed by atoms with E-state index in [-0.39, 0.29) is 17.9 Å². The Bertz CT molecular complexity index is 629. The highest BCUT2D eigenvalue weighted by atomic mass is 16.2. The Morgan fingerprint density at radius 3 is 2.88 bits per heavy atom. The van der Waals surface area contributed by atoms with E-state index < -0.39 is 6.04 Å². The van der Waals surface area contributed by atoms with E-state index in [9.17, 15) is 9.59 Å². The Hall–Kier alpha value is -1.96. The number of hydrogen-bond donors (Lipinski definition) is 2. The lowest BCUT2D eigenvalue weighted by Gasteiger charge is -2.25. The lowest BCUT2D eigenvalue weighted by molar-refractivity contribution is -0.129. The SMILES string of the molecule is Cc1nc(C)n(C[C@@H]2CCCN2CC(=O)N[C@@H]2CCCCNC2=O)n1. The van der Waals surface area contributed by atoms with Gasteiger partial charge in [0.05, 0.1) is 13.1 Å². The molecule has 3 rings (SSSR count). The van der Waals surface area contributed by atoms with Crippen LogP contribution in [0.3, 0.4) is 0 Å². The minimum atomic E-state index is -0.392. The van der Waals surface area contributed by atoms with Crippen molar-refractivity contribution in [3.8, 4) is 0 Å². The van der Waals surface area contributed by atoms with Gasteiger partial charge in [0.2, 0.25) is 11.8 Å². The molecule has 0 aromatic carbocycles. The first-order valence-corrected chi connectivity index (χ1v) is 9.22. The zero-order valence-electron chi connectivity index (χ0n) is 15.1. The summed E-state index contributed by atoms with van der Waals surface area (Å²) in [6.07, 6.45) is 4.78. The molecule has 1 aromatic rings. The fourth-order valence-corrected chi connectivity index (χ4v) is 3.75. The molecule has 25 heavy (non-hydrogen) atoms. The third kappa shape index (κ3) is 4.56. The van der Waals surface area contributed by atoms with Gasteiger partial charge in [-0.1, -0.05) is 0 Å². The Morgan fingerprint density at radius 2 is 2.12 bits per heavy atom. The number of hydrogen-bond acceptors (Lipinski definition) is 5. The van der Waals surface area contributed by atoms with Gasteiger partial charge in [0.25, 0.3) is 0 Å². The molecule has 8 nitrogen and oxygen atoms in total. The number of nitrogens with one attached hydrogen (secondary N) is 2. The molecule has 2 saturated heterocycles. The van der Waals surface area contributed by atoms with Crippen LogP contribution in [0.15, 0.2) is 0 Å². The molecule has 0 spiro atoms. The highest BCUT2D eigenvalue weighted by Gasteiger charge is 2.29. The van der Waals surface area contributed by atoms with Crippen LogP contribution in [-0.2, 0) is 16.1 Å². The van der Waals surface area contributed by atoms with E-state index in [0.29, 0.717) is 13.1 Å². The summed E-state index contributed by atoms with van der Waals surface area (Å²) in [7, 11) is 0. The van der Waals surface area contributed by atoms with Crippen LogP contribution in [-0.4, -0.2) is 63.2 Å². The van der Waals surface area contributed by atoms with Gasteiger partial charge in [-0.15, -0.1) is 0 Å². The number of nitrogens with zero attached hydrogens (tertiary/aromatic N) is 4. The van der Waals surface area contributed by atoms with Crippen LogP contribution in [0.1, 0.15) is 43.8 Å². The first-order chi connectivity index (χ1) is 12.0.